The van der Waals surface area contributed by atoms with Gasteiger partial charge in [0, 0.05) is 16.9 Å². The zero-order valence-corrected chi connectivity index (χ0v) is 21.0. The molecule has 13 nitrogen and oxygen atoms in total. The van der Waals surface area contributed by atoms with Crippen molar-refractivity contribution >= 4 is 39.9 Å². The maximum Gasteiger partial charge on any atom is 0.325 e. The van der Waals surface area contributed by atoms with Crippen LogP contribution in [0.25, 0.3) is 0 Å². The number of anilines is 3. The van der Waals surface area contributed by atoms with Crippen LogP contribution in [0.4, 0.5) is 34.1 Å². The van der Waals surface area contributed by atoms with Gasteiger partial charge in [0.15, 0.2) is 11.5 Å². The van der Waals surface area contributed by atoms with Crippen molar-refractivity contribution in [3.63, 3.8) is 0 Å². The fourth-order valence-electron chi connectivity index (χ4n) is 3.91. The molecule has 4 rings (SSSR count). The van der Waals surface area contributed by atoms with Gasteiger partial charge in [0.25, 0.3) is 11.4 Å². The first-order valence-electron chi connectivity index (χ1n) is 11.5. The average molecular weight is 544 g/mol. The van der Waals surface area contributed by atoms with Gasteiger partial charge in [0.1, 0.15) is 5.75 Å². The molecule has 0 N–H and O–H groups in total. The van der Waals surface area contributed by atoms with Crippen LogP contribution in [0.2, 0.25) is 0 Å². The number of carbonyl (C=O) groups is 1. The number of carbonyl (C=O) groups excluding carboxylic acids is 1. The number of nitro groups is 3. The summed E-state index contributed by atoms with van der Waals surface area (Å²) in [5, 5.41) is 34.9. The lowest BCUT2D eigenvalue weighted by molar-refractivity contribution is -0.404. The summed E-state index contributed by atoms with van der Waals surface area (Å²) in [6.45, 7) is 1.43. The van der Waals surface area contributed by atoms with Crippen molar-refractivity contribution in [3.8, 4) is 17.2 Å². The Labute approximate surface area is 226 Å². The molecule has 0 unspecified atom stereocenters. The molecule has 0 fully saturated rings. The Morgan fingerprint density at radius 1 is 0.750 bits per heavy atom. The number of non-ortho nitro benzene ring substituents is 1. The first-order chi connectivity index (χ1) is 19.1. The van der Waals surface area contributed by atoms with Crippen LogP contribution >= 0.6 is 0 Å². The second-order valence-electron chi connectivity index (χ2n) is 8.29. The van der Waals surface area contributed by atoms with Crippen molar-refractivity contribution in [3.05, 3.63) is 121 Å². The number of Topliss-reactive ketones (excluding diaryl/α,β-unsaturated/α-hetero) is 1. The highest BCUT2D eigenvalue weighted by molar-refractivity contribution is 5.94. The van der Waals surface area contributed by atoms with Crippen LogP contribution in [0, 0.1) is 30.3 Å². The lowest BCUT2D eigenvalue weighted by Gasteiger charge is -2.27. The van der Waals surface area contributed by atoms with Crippen LogP contribution < -0.4 is 14.4 Å². The first kappa shape index (κ1) is 27.2. The number of hydrogen-bond acceptors (Lipinski definition) is 10. The predicted molar refractivity (Wildman–Crippen MR) is 144 cm³/mol. The molecule has 0 amide bonds. The van der Waals surface area contributed by atoms with Crippen LogP contribution in [-0.2, 0) is 0 Å². The minimum Gasteiger partial charge on any atom is -0.497 e. The van der Waals surface area contributed by atoms with Crippen molar-refractivity contribution < 1.29 is 29.0 Å². The van der Waals surface area contributed by atoms with E-state index in [-0.39, 0.29) is 11.5 Å². The smallest absolute Gasteiger partial charge is 0.325 e. The van der Waals surface area contributed by atoms with E-state index in [1.54, 1.807) is 71.6 Å². The Morgan fingerprint density at radius 2 is 1.27 bits per heavy atom. The Bertz CT molecular complexity index is 1590. The van der Waals surface area contributed by atoms with Crippen LogP contribution in [0.5, 0.6) is 17.2 Å². The number of rotatable bonds is 10. The van der Waals surface area contributed by atoms with E-state index in [0.717, 1.165) is 0 Å². The Morgan fingerprint density at radius 3 is 1.75 bits per heavy atom. The van der Waals surface area contributed by atoms with Gasteiger partial charge in [-0.15, -0.1) is 0 Å². The normalized spacial score (nSPS) is 10.4. The summed E-state index contributed by atoms with van der Waals surface area (Å²) in [6.07, 6.45) is 0. The molecule has 0 aliphatic heterocycles. The number of nitro benzene ring substituents is 3. The molecular weight excluding hydrogens is 524 g/mol. The summed E-state index contributed by atoms with van der Waals surface area (Å²) < 4.78 is 11.1. The molecule has 0 saturated carbocycles. The quantitative estimate of drug-likeness (QED) is 0.116. The van der Waals surface area contributed by atoms with E-state index in [0.29, 0.717) is 40.5 Å². The standard InChI is InChI=1S/C27H20N4O9/c1-17(32)18-7-9-19(10-8-18)28(20-11-13-22(39-2)14-12-20)23-5-3-4-6-26(23)40-27-24(30(35)36)15-21(29(33)34)16-25(27)31(37)38/h3-16H,1-2H3. The van der Waals surface area contributed by atoms with Gasteiger partial charge in [0.2, 0.25) is 0 Å². The van der Waals surface area contributed by atoms with Gasteiger partial charge in [-0.2, -0.15) is 0 Å². The number of methoxy groups -OCH3 is 1. The van der Waals surface area contributed by atoms with Crippen LogP contribution in [0.1, 0.15) is 17.3 Å². The van der Waals surface area contributed by atoms with Crippen LogP contribution in [0.15, 0.2) is 84.9 Å². The molecule has 0 bridgehead atoms. The van der Waals surface area contributed by atoms with E-state index in [9.17, 15) is 35.1 Å². The molecule has 202 valence electrons. The number of ether oxygens (including phenoxy) is 2. The first-order valence-corrected chi connectivity index (χ1v) is 11.5. The van der Waals surface area contributed by atoms with E-state index < -0.39 is 37.6 Å². The summed E-state index contributed by atoms with van der Waals surface area (Å²) in [6, 6.07) is 21.1. The molecule has 0 heterocycles. The monoisotopic (exact) mass is 544 g/mol. The minimum atomic E-state index is -0.986. The molecule has 0 aromatic heterocycles. The van der Waals surface area contributed by atoms with E-state index >= 15 is 0 Å². The topological polar surface area (TPSA) is 168 Å². The number of benzene rings is 4. The minimum absolute atomic E-state index is 0.0194. The molecule has 13 heteroatoms. The third-order valence-electron chi connectivity index (χ3n) is 5.82. The summed E-state index contributed by atoms with van der Waals surface area (Å²) in [5.74, 6) is -0.343. The molecular formula is C27H20N4O9. The fraction of sp³-hybridized carbons (Fsp3) is 0.0741. The Hall–Kier alpha value is -5.85. The summed E-state index contributed by atoms with van der Waals surface area (Å²) >= 11 is 0. The highest BCUT2D eigenvalue weighted by atomic mass is 16.6. The largest absolute Gasteiger partial charge is 0.497 e. The summed E-state index contributed by atoms with van der Waals surface area (Å²) in [5.41, 5.74) is -0.760. The molecule has 0 radical (unpaired) electrons. The third-order valence-corrected chi connectivity index (χ3v) is 5.82. The Kier molecular flexibility index (Phi) is 7.66. The molecule has 0 aliphatic rings. The maximum atomic E-state index is 11.8. The molecule has 4 aromatic carbocycles. The summed E-state index contributed by atoms with van der Waals surface area (Å²) in [7, 11) is 1.51. The molecule has 40 heavy (non-hydrogen) atoms. The van der Waals surface area contributed by atoms with Crippen LogP contribution in [-0.4, -0.2) is 27.7 Å². The van der Waals surface area contributed by atoms with Gasteiger partial charge < -0.3 is 14.4 Å². The predicted octanol–water partition coefficient (Wildman–Crippen LogP) is 6.88. The summed E-state index contributed by atoms with van der Waals surface area (Å²) in [4.78, 5) is 45.5. The fourth-order valence-corrected chi connectivity index (χ4v) is 3.91. The zero-order valence-electron chi connectivity index (χ0n) is 21.0. The molecule has 0 spiro atoms. The molecule has 0 saturated heterocycles. The van der Waals surface area contributed by atoms with Crippen molar-refractivity contribution in [1.29, 1.82) is 0 Å². The van der Waals surface area contributed by atoms with Crippen molar-refractivity contribution in [2.45, 2.75) is 6.92 Å². The van der Waals surface area contributed by atoms with Crippen LogP contribution in [0.3, 0.4) is 0 Å². The lowest BCUT2D eigenvalue weighted by Crippen LogP contribution is -2.11. The number of ketones is 1. The second kappa shape index (κ2) is 11.3. The number of para-hydroxylation sites is 2. The molecule has 0 atom stereocenters. The van der Waals surface area contributed by atoms with E-state index in [1.807, 2.05) is 0 Å². The van der Waals surface area contributed by atoms with Gasteiger partial charge in [-0.05, 0) is 67.6 Å². The number of hydrogen-bond donors (Lipinski definition) is 0. The maximum absolute atomic E-state index is 11.8. The van der Waals surface area contributed by atoms with E-state index in [4.69, 9.17) is 9.47 Å². The van der Waals surface area contributed by atoms with E-state index in [2.05, 4.69) is 0 Å². The highest BCUT2D eigenvalue weighted by Crippen LogP contribution is 2.47. The van der Waals surface area contributed by atoms with Gasteiger partial charge in [-0.25, -0.2) is 0 Å². The van der Waals surface area contributed by atoms with Crippen molar-refractivity contribution in [2.24, 2.45) is 0 Å². The third kappa shape index (κ3) is 5.52. The second-order valence-corrected chi connectivity index (χ2v) is 8.29. The van der Waals surface area contributed by atoms with Gasteiger partial charge in [-0.1, -0.05) is 12.1 Å². The Balaban J connectivity index is 1.92. The number of nitrogens with zero attached hydrogens (tertiary/aromatic N) is 4. The van der Waals surface area contributed by atoms with Gasteiger partial charge in [-0.3, -0.25) is 35.1 Å². The highest BCUT2D eigenvalue weighted by Gasteiger charge is 2.33. The van der Waals surface area contributed by atoms with Gasteiger partial charge >= 0.3 is 11.4 Å². The molecule has 0 aliphatic carbocycles. The lowest BCUT2D eigenvalue weighted by atomic mass is 10.1. The van der Waals surface area contributed by atoms with Crippen molar-refractivity contribution in [2.75, 3.05) is 12.0 Å². The van der Waals surface area contributed by atoms with E-state index in [1.165, 1.54) is 20.1 Å². The zero-order chi connectivity index (χ0) is 29.0. The molecule has 4 aromatic rings. The SMILES string of the molecule is COc1ccc(N(c2ccc(C(C)=O)cc2)c2ccccc2Oc2c([N+](=O)[O-])cc([N+](=O)[O-])cc2[N+](=O)[O-])cc1. The van der Waals surface area contributed by atoms with Crippen molar-refractivity contribution in [1.82, 2.24) is 0 Å². The van der Waals surface area contributed by atoms with Gasteiger partial charge in [0.05, 0.1) is 39.7 Å². The average Bonchev–Trinajstić information content (AvgIpc) is 2.94.